The highest BCUT2D eigenvalue weighted by atomic mass is 16.6. The van der Waals surface area contributed by atoms with Gasteiger partial charge in [-0.25, -0.2) is 0 Å². The molecule has 0 saturated carbocycles. The molecule has 0 aliphatic carbocycles. The fourth-order valence-corrected chi connectivity index (χ4v) is 3.09. The Balaban J connectivity index is 1.83. The molecule has 6 nitrogen and oxygen atoms in total. The Morgan fingerprint density at radius 3 is 1.64 bits per heavy atom. The highest BCUT2D eigenvalue weighted by Crippen LogP contribution is 2.15. The number of terminal acetylenes is 1. The summed E-state index contributed by atoms with van der Waals surface area (Å²) in [7, 11) is 0. The Morgan fingerprint density at radius 2 is 1.09 bits per heavy atom. The number of ether oxygens (including phenoxy) is 6. The van der Waals surface area contributed by atoms with Gasteiger partial charge in [0.2, 0.25) is 0 Å². The van der Waals surface area contributed by atoms with Crippen molar-refractivity contribution in [3.8, 4) is 18.1 Å². The predicted molar refractivity (Wildman–Crippen MR) is 132 cm³/mol. The van der Waals surface area contributed by atoms with Gasteiger partial charge in [-0.2, -0.15) is 0 Å². The van der Waals surface area contributed by atoms with E-state index in [0.29, 0.717) is 72.7 Å². The number of hydrogen-bond acceptors (Lipinski definition) is 6. The maximum atomic E-state index is 5.74. The molecule has 0 amide bonds. The van der Waals surface area contributed by atoms with Crippen molar-refractivity contribution in [2.75, 3.05) is 72.7 Å². The average Bonchev–Trinajstić information content (AvgIpc) is 2.84. The van der Waals surface area contributed by atoms with Crippen LogP contribution in [0.4, 0.5) is 0 Å². The van der Waals surface area contributed by atoms with Crippen molar-refractivity contribution in [1.29, 1.82) is 0 Å². The number of rotatable bonds is 24. The van der Waals surface area contributed by atoms with Crippen LogP contribution < -0.4 is 4.74 Å². The van der Waals surface area contributed by atoms with Crippen molar-refractivity contribution >= 4 is 0 Å². The lowest BCUT2D eigenvalue weighted by Gasteiger charge is -2.09. The first-order valence-electron chi connectivity index (χ1n) is 12.4. The third-order valence-electron chi connectivity index (χ3n) is 4.91. The molecule has 0 aliphatic rings. The summed E-state index contributed by atoms with van der Waals surface area (Å²) in [6.45, 7) is 7.90. The van der Waals surface area contributed by atoms with Gasteiger partial charge in [0.05, 0.1) is 59.5 Å². The fraction of sp³-hybridized carbons (Fsp3) is 0.704. The summed E-state index contributed by atoms with van der Waals surface area (Å²) >= 11 is 0. The minimum absolute atomic E-state index is 0.321. The second kappa shape index (κ2) is 23.5. The zero-order valence-electron chi connectivity index (χ0n) is 20.6. The van der Waals surface area contributed by atoms with Gasteiger partial charge >= 0.3 is 0 Å². The Kier molecular flexibility index (Phi) is 21.0. The van der Waals surface area contributed by atoms with E-state index in [4.69, 9.17) is 34.8 Å². The Bertz CT molecular complexity index is 569. The van der Waals surface area contributed by atoms with Crippen LogP contribution in [0.5, 0.6) is 5.75 Å². The quantitative estimate of drug-likeness (QED) is 0.163. The smallest absolute Gasteiger partial charge is 0.119 e. The van der Waals surface area contributed by atoms with E-state index in [9.17, 15) is 0 Å². The molecular weight excluding hydrogens is 420 g/mol. The Hall–Kier alpha value is -1.62. The summed E-state index contributed by atoms with van der Waals surface area (Å²) in [5, 5.41) is 0. The molecule has 33 heavy (non-hydrogen) atoms. The van der Waals surface area contributed by atoms with Crippen molar-refractivity contribution in [1.82, 2.24) is 0 Å². The van der Waals surface area contributed by atoms with Crippen molar-refractivity contribution < 1.29 is 28.4 Å². The predicted octanol–water partition coefficient (Wildman–Crippen LogP) is 4.68. The topological polar surface area (TPSA) is 55.4 Å². The van der Waals surface area contributed by atoms with Crippen LogP contribution in [-0.2, 0) is 30.1 Å². The first-order valence-corrected chi connectivity index (χ1v) is 12.4. The lowest BCUT2D eigenvalue weighted by atomic mass is 10.0. The van der Waals surface area contributed by atoms with E-state index >= 15 is 0 Å². The SMILES string of the molecule is C#CCOCCOCCOCCOCCOCCOc1ccc(CCCCCCCC)cc1. The van der Waals surface area contributed by atoms with E-state index in [0.717, 1.165) is 12.2 Å². The molecule has 0 heterocycles. The molecule has 1 aromatic carbocycles. The molecule has 0 spiro atoms. The third kappa shape index (κ3) is 19.5. The average molecular weight is 465 g/mol. The highest BCUT2D eigenvalue weighted by Gasteiger charge is 1.98. The molecule has 1 aromatic rings. The summed E-state index contributed by atoms with van der Waals surface area (Å²) in [4.78, 5) is 0. The van der Waals surface area contributed by atoms with E-state index in [1.165, 1.54) is 44.1 Å². The Labute approximate surface area is 201 Å². The largest absolute Gasteiger partial charge is 0.491 e. The molecule has 0 radical (unpaired) electrons. The van der Waals surface area contributed by atoms with E-state index in [2.05, 4.69) is 25.0 Å². The summed E-state index contributed by atoms with van der Waals surface area (Å²) in [5.41, 5.74) is 1.38. The van der Waals surface area contributed by atoms with Gasteiger partial charge in [-0.15, -0.1) is 6.42 Å². The number of hydrogen-bond donors (Lipinski definition) is 0. The fourth-order valence-electron chi connectivity index (χ4n) is 3.09. The second-order valence-corrected chi connectivity index (χ2v) is 7.72. The van der Waals surface area contributed by atoms with E-state index in [1.54, 1.807) is 0 Å². The number of unbranched alkanes of at least 4 members (excludes halogenated alkanes) is 5. The summed E-state index contributed by atoms with van der Waals surface area (Å²) in [6.07, 6.45) is 14.2. The molecule has 6 heteroatoms. The summed E-state index contributed by atoms with van der Waals surface area (Å²) in [5.74, 6) is 3.30. The number of benzene rings is 1. The molecular formula is C27H44O6. The maximum absolute atomic E-state index is 5.74. The first-order chi connectivity index (χ1) is 16.4. The first kappa shape index (κ1) is 29.4. The van der Waals surface area contributed by atoms with Crippen molar-refractivity contribution in [3.63, 3.8) is 0 Å². The molecule has 0 aliphatic heterocycles. The summed E-state index contributed by atoms with van der Waals surface area (Å²) in [6, 6.07) is 8.43. The van der Waals surface area contributed by atoms with Crippen LogP contribution in [-0.4, -0.2) is 72.7 Å². The zero-order chi connectivity index (χ0) is 23.7. The van der Waals surface area contributed by atoms with Gasteiger partial charge in [0.15, 0.2) is 0 Å². The molecule has 0 unspecified atom stereocenters. The second-order valence-electron chi connectivity index (χ2n) is 7.72. The third-order valence-corrected chi connectivity index (χ3v) is 4.91. The van der Waals surface area contributed by atoms with Gasteiger partial charge in [-0.1, -0.05) is 57.1 Å². The van der Waals surface area contributed by atoms with Crippen LogP contribution in [0, 0.1) is 12.3 Å². The van der Waals surface area contributed by atoms with Gasteiger partial charge in [0.1, 0.15) is 19.0 Å². The molecule has 1 rings (SSSR count). The van der Waals surface area contributed by atoms with Gasteiger partial charge in [0, 0.05) is 0 Å². The van der Waals surface area contributed by atoms with Crippen molar-refractivity contribution in [3.05, 3.63) is 29.8 Å². The Morgan fingerprint density at radius 1 is 0.606 bits per heavy atom. The molecule has 0 atom stereocenters. The van der Waals surface area contributed by atoms with Gasteiger partial charge in [-0.3, -0.25) is 0 Å². The molecule has 0 bridgehead atoms. The molecule has 0 fully saturated rings. The van der Waals surface area contributed by atoms with Crippen LogP contribution >= 0.6 is 0 Å². The van der Waals surface area contributed by atoms with Gasteiger partial charge in [-0.05, 0) is 30.5 Å². The standard InChI is InChI=1S/C27H44O6/c1-3-5-6-7-8-9-10-26-11-13-27(14-12-26)33-25-24-32-23-22-31-21-20-30-19-18-29-17-16-28-15-4-2/h2,11-14H,3,5-10,15-25H2,1H3. The van der Waals surface area contributed by atoms with E-state index < -0.39 is 0 Å². The number of aryl methyl sites for hydroxylation is 1. The van der Waals surface area contributed by atoms with Gasteiger partial charge < -0.3 is 28.4 Å². The van der Waals surface area contributed by atoms with E-state index in [-0.39, 0.29) is 0 Å². The highest BCUT2D eigenvalue weighted by molar-refractivity contribution is 5.27. The molecule has 0 N–H and O–H groups in total. The van der Waals surface area contributed by atoms with Crippen LogP contribution in [0.1, 0.15) is 51.0 Å². The molecule has 188 valence electrons. The monoisotopic (exact) mass is 464 g/mol. The van der Waals surface area contributed by atoms with Crippen molar-refractivity contribution in [2.24, 2.45) is 0 Å². The normalized spacial score (nSPS) is 10.9. The minimum Gasteiger partial charge on any atom is -0.491 e. The lowest BCUT2D eigenvalue weighted by Crippen LogP contribution is -2.14. The van der Waals surface area contributed by atoms with Crippen molar-refractivity contribution in [2.45, 2.75) is 51.9 Å². The van der Waals surface area contributed by atoms with Crippen LogP contribution in [0.25, 0.3) is 0 Å². The van der Waals surface area contributed by atoms with Crippen LogP contribution in [0.2, 0.25) is 0 Å². The molecule has 0 saturated heterocycles. The minimum atomic E-state index is 0.321. The van der Waals surface area contributed by atoms with E-state index in [1.807, 2.05) is 12.1 Å². The lowest BCUT2D eigenvalue weighted by molar-refractivity contribution is -0.0110. The van der Waals surface area contributed by atoms with Crippen LogP contribution in [0.3, 0.4) is 0 Å². The molecule has 0 aromatic heterocycles. The maximum Gasteiger partial charge on any atom is 0.119 e. The van der Waals surface area contributed by atoms with Crippen LogP contribution in [0.15, 0.2) is 24.3 Å². The zero-order valence-corrected chi connectivity index (χ0v) is 20.6. The van der Waals surface area contributed by atoms with Gasteiger partial charge in [0.25, 0.3) is 0 Å². The summed E-state index contributed by atoms with van der Waals surface area (Å²) < 4.78 is 32.6.